The van der Waals surface area contributed by atoms with Gasteiger partial charge in [0.1, 0.15) is 12.1 Å². The summed E-state index contributed by atoms with van der Waals surface area (Å²) in [6.45, 7) is 1.76. The van der Waals surface area contributed by atoms with Crippen molar-refractivity contribution in [2.24, 2.45) is 0 Å². The van der Waals surface area contributed by atoms with Crippen LogP contribution in [0.3, 0.4) is 0 Å². The van der Waals surface area contributed by atoms with Crippen molar-refractivity contribution in [3.63, 3.8) is 0 Å². The molecule has 0 radical (unpaired) electrons. The largest absolute Gasteiger partial charge is 0.339 e. The van der Waals surface area contributed by atoms with E-state index in [2.05, 4.69) is 27.8 Å². The maximum absolute atomic E-state index is 9.52. The number of para-hydroxylation sites is 2. The zero-order valence-electron chi connectivity index (χ0n) is 13.6. The number of pyridine rings is 1. The molecule has 0 saturated carbocycles. The van der Waals surface area contributed by atoms with Gasteiger partial charge in [0.15, 0.2) is 11.6 Å². The van der Waals surface area contributed by atoms with Crippen molar-refractivity contribution in [2.45, 2.75) is 6.92 Å². The summed E-state index contributed by atoms with van der Waals surface area (Å²) in [7, 11) is 0. The van der Waals surface area contributed by atoms with Gasteiger partial charge in [-0.05, 0) is 36.8 Å². The minimum absolute atomic E-state index is 0.360. The summed E-state index contributed by atoms with van der Waals surface area (Å²) in [5.74, 6) is 0.840. The second kappa shape index (κ2) is 7.16. The number of nitrogens with one attached hydrogen (secondary N) is 2. The average molecular weight is 325 g/mol. The Bertz CT molecular complexity index is 889. The number of hydrogen-bond acceptors (Lipinski definition) is 5. The van der Waals surface area contributed by atoms with E-state index in [9.17, 15) is 10.5 Å². The Labute approximate surface area is 146 Å². The van der Waals surface area contributed by atoms with Gasteiger partial charge in [0.2, 0.25) is 0 Å². The number of benzene rings is 2. The molecule has 0 aliphatic heterocycles. The van der Waals surface area contributed by atoms with E-state index in [1.165, 1.54) is 0 Å². The van der Waals surface area contributed by atoms with Crippen LogP contribution in [0.15, 0.2) is 60.7 Å². The summed E-state index contributed by atoms with van der Waals surface area (Å²) in [6, 6.07) is 23.3. The van der Waals surface area contributed by atoms with Crippen molar-refractivity contribution < 1.29 is 0 Å². The molecule has 0 bridgehead atoms. The zero-order chi connectivity index (χ0) is 17.6. The van der Waals surface area contributed by atoms with Crippen molar-refractivity contribution in [3.05, 3.63) is 77.4 Å². The number of hydrogen-bond donors (Lipinski definition) is 2. The van der Waals surface area contributed by atoms with E-state index < -0.39 is 0 Å². The van der Waals surface area contributed by atoms with Gasteiger partial charge in [-0.3, -0.25) is 0 Å². The zero-order valence-corrected chi connectivity index (χ0v) is 13.6. The van der Waals surface area contributed by atoms with Crippen LogP contribution in [0.1, 0.15) is 16.7 Å². The lowest BCUT2D eigenvalue weighted by Crippen LogP contribution is -2.06. The molecule has 0 saturated heterocycles. The average Bonchev–Trinajstić information content (AvgIpc) is 2.64. The molecule has 2 N–H and O–H groups in total. The van der Waals surface area contributed by atoms with Gasteiger partial charge in [0, 0.05) is 11.4 Å². The van der Waals surface area contributed by atoms with Crippen LogP contribution in [0.2, 0.25) is 0 Å². The smallest absolute Gasteiger partial charge is 0.151 e. The van der Waals surface area contributed by atoms with E-state index in [0.29, 0.717) is 28.3 Å². The first-order valence-corrected chi connectivity index (χ1v) is 7.72. The Kier molecular flexibility index (Phi) is 4.60. The molecule has 3 aromatic rings. The van der Waals surface area contributed by atoms with Crippen LogP contribution in [0.25, 0.3) is 0 Å². The van der Waals surface area contributed by atoms with Crippen molar-refractivity contribution in [3.8, 4) is 12.1 Å². The SMILES string of the molecule is Cc1c(C#N)c(Nc2ccccc2)nc(Nc2ccccc2)c1C#N. The van der Waals surface area contributed by atoms with E-state index in [0.717, 1.165) is 11.4 Å². The molecule has 0 atom stereocenters. The van der Waals surface area contributed by atoms with Gasteiger partial charge < -0.3 is 10.6 Å². The number of nitrogens with zero attached hydrogens (tertiary/aromatic N) is 3. The van der Waals surface area contributed by atoms with E-state index in [1.807, 2.05) is 60.7 Å². The van der Waals surface area contributed by atoms with Crippen LogP contribution in [-0.4, -0.2) is 4.98 Å². The van der Waals surface area contributed by atoms with Crippen LogP contribution in [0, 0.1) is 29.6 Å². The molecule has 1 heterocycles. The fourth-order valence-electron chi connectivity index (χ4n) is 2.47. The van der Waals surface area contributed by atoms with Crippen LogP contribution in [0.5, 0.6) is 0 Å². The Morgan fingerprint density at radius 2 is 1.12 bits per heavy atom. The lowest BCUT2D eigenvalue weighted by molar-refractivity contribution is 1.22. The Balaban J connectivity index is 2.09. The lowest BCUT2D eigenvalue weighted by Gasteiger charge is -2.15. The fraction of sp³-hybridized carbons (Fsp3) is 0.0500. The quantitative estimate of drug-likeness (QED) is 0.731. The molecule has 0 aliphatic carbocycles. The summed E-state index contributed by atoms with van der Waals surface area (Å²) in [5.41, 5.74) is 2.96. The highest BCUT2D eigenvalue weighted by Gasteiger charge is 2.17. The maximum Gasteiger partial charge on any atom is 0.151 e. The Morgan fingerprint density at radius 3 is 1.48 bits per heavy atom. The van der Waals surface area contributed by atoms with Gasteiger partial charge in [-0.2, -0.15) is 10.5 Å². The highest BCUT2D eigenvalue weighted by atomic mass is 15.1. The maximum atomic E-state index is 9.52. The number of anilines is 4. The molecule has 1 aromatic heterocycles. The first-order valence-electron chi connectivity index (χ1n) is 7.72. The van der Waals surface area contributed by atoms with Crippen molar-refractivity contribution in [1.82, 2.24) is 4.98 Å². The third-order valence-electron chi connectivity index (χ3n) is 3.74. The molecule has 2 aromatic carbocycles. The third-order valence-corrected chi connectivity index (χ3v) is 3.74. The monoisotopic (exact) mass is 325 g/mol. The van der Waals surface area contributed by atoms with E-state index in [1.54, 1.807) is 6.92 Å². The number of rotatable bonds is 4. The minimum Gasteiger partial charge on any atom is -0.339 e. The predicted molar refractivity (Wildman–Crippen MR) is 97.9 cm³/mol. The van der Waals surface area contributed by atoms with E-state index in [4.69, 9.17) is 0 Å². The van der Waals surface area contributed by atoms with Crippen molar-refractivity contribution >= 4 is 23.0 Å². The van der Waals surface area contributed by atoms with Gasteiger partial charge in [-0.15, -0.1) is 0 Å². The van der Waals surface area contributed by atoms with Crippen molar-refractivity contribution in [2.75, 3.05) is 10.6 Å². The van der Waals surface area contributed by atoms with Crippen LogP contribution >= 0.6 is 0 Å². The molecular formula is C20H15N5. The van der Waals surface area contributed by atoms with Crippen molar-refractivity contribution in [1.29, 1.82) is 10.5 Å². The molecule has 0 unspecified atom stereocenters. The molecule has 0 amide bonds. The Hall–Kier alpha value is -3.83. The van der Waals surface area contributed by atoms with E-state index in [-0.39, 0.29) is 0 Å². The first-order chi connectivity index (χ1) is 12.2. The third kappa shape index (κ3) is 3.41. The van der Waals surface area contributed by atoms with E-state index >= 15 is 0 Å². The standard InChI is InChI=1S/C20H15N5/c1-14-17(12-21)19(23-15-8-4-2-5-9-15)25-20(18(14)13-22)24-16-10-6-3-7-11-16/h2-11H,1H3,(H2,23,24,25). The number of nitriles is 2. The molecule has 5 heteroatoms. The second-order valence-electron chi connectivity index (χ2n) is 5.39. The molecule has 0 aliphatic rings. The lowest BCUT2D eigenvalue weighted by atomic mass is 10.0. The first kappa shape index (κ1) is 16.0. The topological polar surface area (TPSA) is 84.5 Å². The highest BCUT2D eigenvalue weighted by Crippen LogP contribution is 2.29. The second-order valence-corrected chi connectivity index (χ2v) is 5.39. The van der Waals surface area contributed by atoms with Crippen LogP contribution in [0.4, 0.5) is 23.0 Å². The normalized spacial score (nSPS) is 9.72. The molecule has 0 spiro atoms. The predicted octanol–water partition coefficient (Wildman–Crippen LogP) is 4.62. The van der Waals surface area contributed by atoms with Crippen LogP contribution < -0.4 is 10.6 Å². The summed E-state index contributed by atoms with van der Waals surface area (Å²) in [4.78, 5) is 4.50. The van der Waals surface area contributed by atoms with Gasteiger partial charge in [0.05, 0.1) is 11.1 Å². The summed E-state index contributed by atoms with van der Waals surface area (Å²) >= 11 is 0. The molecular weight excluding hydrogens is 310 g/mol. The summed E-state index contributed by atoms with van der Waals surface area (Å²) in [5, 5.41) is 25.4. The van der Waals surface area contributed by atoms with Gasteiger partial charge >= 0.3 is 0 Å². The molecule has 25 heavy (non-hydrogen) atoms. The highest BCUT2D eigenvalue weighted by molar-refractivity contribution is 5.74. The summed E-state index contributed by atoms with van der Waals surface area (Å²) < 4.78 is 0. The van der Waals surface area contributed by atoms with Gasteiger partial charge in [0.25, 0.3) is 0 Å². The van der Waals surface area contributed by atoms with Crippen LogP contribution in [-0.2, 0) is 0 Å². The fourth-order valence-corrected chi connectivity index (χ4v) is 2.47. The van der Waals surface area contributed by atoms with Gasteiger partial charge in [-0.25, -0.2) is 4.98 Å². The Morgan fingerprint density at radius 1 is 0.720 bits per heavy atom. The molecule has 3 rings (SSSR count). The molecule has 120 valence electrons. The minimum atomic E-state index is 0.360. The number of aromatic nitrogens is 1. The summed E-state index contributed by atoms with van der Waals surface area (Å²) in [6.07, 6.45) is 0. The molecule has 0 fully saturated rings. The van der Waals surface area contributed by atoms with Gasteiger partial charge in [-0.1, -0.05) is 36.4 Å². The molecule has 5 nitrogen and oxygen atoms in total.